The number of hydrogen-bond acceptors (Lipinski definition) is 6. The molecule has 3 heterocycles. The quantitative estimate of drug-likeness (QED) is 0.444. The summed E-state index contributed by atoms with van der Waals surface area (Å²) in [6, 6.07) is 5.06. The van der Waals surface area contributed by atoms with Gasteiger partial charge in [0.2, 0.25) is 15.9 Å². The van der Waals surface area contributed by atoms with Crippen molar-refractivity contribution in [2.75, 3.05) is 13.1 Å². The summed E-state index contributed by atoms with van der Waals surface area (Å²) in [6.45, 7) is 4.49. The second-order valence-electron chi connectivity index (χ2n) is 11.4. The van der Waals surface area contributed by atoms with Crippen molar-refractivity contribution in [1.82, 2.24) is 19.2 Å². The maximum Gasteiger partial charge on any atom is 0.333 e. The summed E-state index contributed by atoms with van der Waals surface area (Å²) in [7, 11) is -3.70. The molecule has 2 aromatic rings. The number of aromatic amines is 1. The van der Waals surface area contributed by atoms with Gasteiger partial charge in [0, 0.05) is 24.4 Å². The number of carbonyl (C=O) groups excluding carboxylic acids is 1. The third-order valence-corrected chi connectivity index (χ3v) is 10.4. The predicted molar refractivity (Wildman–Crippen MR) is 155 cm³/mol. The molecule has 0 atom stereocenters. The van der Waals surface area contributed by atoms with Gasteiger partial charge in [-0.1, -0.05) is 32.3 Å². The van der Waals surface area contributed by atoms with Crippen LogP contribution in [0.25, 0.3) is 11.8 Å². The number of nitrogens with one attached hydrogen (secondary N) is 2. The number of unbranched alkanes of at least 4 members (excludes halogenated alkanes) is 1. The van der Waals surface area contributed by atoms with Gasteiger partial charge in [-0.05, 0) is 80.7 Å². The number of amidine groups is 1. The van der Waals surface area contributed by atoms with E-state index in [2.05, 4.69) is 17.2 Å². The zero-order valence-corrected chi connectivity index (χ0v) is 24.0. The van der Waals surface area contributed by atoms with Gasteiger partial charge in [-0.3, -0.25) is 9.79 Å². The van der Waals surface area contributed by atoms with Crippen LogP contribution in [0.5, 0.6) is 5.88 Å². The van der Waals surface area contributed by atoms with Gasteiger partial charge in [0.05, 0.1) is 11.9 Å². The fourth-order valence-corrected chi connectivity index (χ4v) is 7.42. The number of piperidine rings is 1. The van der Waals surface area contributed by atoms with E-state index < -0.39 is 21.3 Å². The third-order valence-electron chi connectivity index (χ3n) is 8.80. The molecule has 2 fully saturated rings. The molecular formula is C29H39N5O5S. The van der Waals surface area contributed by atoms with E-state index in [-0.39, 0.29) is 24.9 Å². The van der Waals surface area contributed by atoms with Crippen molar-refractivity contribution in [2.24, 2.45) is 16.8 Å². The Morgan fingerprint density at radius 3 is 2.50 bits per heavy atom. The average molecular weight is 570 g/mol. The first-order valence-corrected chi connectivity index (χ1v) is 15.8. The SMILES string of the molecule is CCCCC1CCC(C2=NC3(CCN(S(=O)(=O)C=Cc4ccc(-n5c(O)c[nH]c5=O)cc4C)CC3)C(=O)N2)CC1. The lowest BCUT2D eigenvalue weighted by Gasteiger charge is -2.34. The number of rotatable bonds is 8. The minimum absolute atomic E-state index is 0.0912. The van der Waals surface area contributed by atoms with Crippen LogP contribution in [0.2, 0.25) is 0 Å². The molecule has 0 unspecified atom stereocenters. The highest BCUT2D eigenvalue weighted by molar-refractivity contribution is 7.92. The van der Waals surface area contributed by atoms with Crippen LogP contribution in [0, 0.1) is 18.8 Å². The number of sulfonamides is 1. The average Bonchev–Trinajstić information content (AvgIpc) is 3.44. The van der Waals surface area contributed by atoms with Crippen LogP contribution in [0.4, 0.5) is 0 Å². The maximum absolute atomic E-state index is 13.1. The first-order valence-electron chi connectivity index (χ1n) is 14.3. The van der Waals surface area contributed by atoms with E-state index in [1.807, 2.05) is 0 Å². The minimum Gasteiger partial charge on any atom is -0.493 e. The Labute approximate surface area is 235 Å². The summed E-state index contributed by atoms with van der Waals surface area (Å²) in [4.78, 5) is 32.3. The van der Waals surface area contributed by atoms with E-state index in [1.165, 1.54) is 54.1 Å². The lowest BCUT2D eigenvalue weighted by atomic mass is 9.79. The minimum atomic E-state index is -3.70. The summed E-state index contributed by atoms with van der Waals surface area (Å²) in [5, 5.41) is 14.2. The van der Waals surface area contributed by atoms with Gasteiger partial charge >= 0.3 is 5.69 Å². The number of benzene rings is 1. The summed E-state index contributed by atoms with van der Waals surface area (Å²) in [6.07, 6.45) is 11.7. The Morgan fingerprint density at radius 1 is 1.15 bits per heavy atom. The number of aromatic hydroxyl groups is 1. The molecule has 11 heteroatoms. The summed E-state index contributed by atoms with van der Waals surface area (Å²) in [5.41, 5.74) is 0.573. The van der Waals surface area contributed by atoms with Gasteiger partial charge in [-0.15, -0.1) is 0 Å². The Morgan fingerprint density at radius 2 is 1.88 bits per heavy atom. The standard InChI is InChI=1S/C29H39N5O5S/c1-3-4-5-21-6-8-23(9-7-21)26-31-27(36)29(32-26)13-15-33(16-14-29)40(38,39)17-12-22-10-11-24(18-20(22)2)34-25(35)19-30-28(34)37/h10-12,17-19,21,23,35H,3-9,13-16H2,1-2H3,(H,30,37)(H,31,32,36). The van der Waals surface area contributed by atoms with E-state index in [9.17, 15) is 23.1 Å². The van der Waals surface area contributed by atoms with E-state index in [0.717, 1.165) is 34.7 Å². The van der Waals surface area contributed by atoms with Crippen LogP contribution < -0.4 is 11.0 Å². The van der Waals surface area contributed by atoms with Crippen molar-refractivity contribution in [1.29, 1.82) is 0 Å². The van der Waals surface area contributed by atoms with E-state index >= 15 is 0 Å². The van der Waals surface area contributed by atoms with Crippen molar-refractivity contribution in [3.63, 3.8) is 0 Å². The zero-order chi connectivity index (χ0) is 28.5. The van der Waals surface area contributed by atoms with Crippen molar-refractivity contribution < 1.29 is 18.3 Å². The second kappa shape index (κ2) is 11.4. The van der Waals surface area contributed by atoms with Crippen molar-refractivity contribution in [3.8, 4) is 11.6 Å². The summed E-state index contributed by atoms with van der Waals surface area (Å²) >= 11 is 0. The van der Waals surface area contributed by atoms with Crippen LogP contribution in [0.1, 0.15) is 75.8 Å². The van der Waals surface area contributed by atoms with Crippen LogP contribution in [-0.4, -0.2) is 57.8 Å². The lowest BCUT2D eigenvalue weighted by Crippen LogP contribution is -2.50. The number of H-pyrrole nitrogens is 1. The number of aromatic nitrogens is 2. The topological polar surface area (TPSA) is 137 Å². The molecule has 40 heavy (non-hydrogen) atoms. The highest BCUT2D eigenvalue weighted by Crippen LogP contribution is 2.37. The Kier molecular flexibility index (Phi) is 8.05. The monoisotopic (exact) mass is 569 g/mol. The summed E-state index contributed by atoms with van der Waals surface area (Å²) < 4.78 is 28.8. The van der Waals surface area contributed by atoms with E-state index in [0.29, 0.717) is 30.0 Å². The first kappa shape index (κ1) is 28.4. The molecule has 1 spiro atoms. The number of aryl methyl sites for hydroxylation is 1. The van der Waals surface area contributed by atoms with Gasteiger partial charge in [0.1, 0.15) is 11.4 Å². The third kappa shape index (κ3) is 5.67. The van der Waals surface area contributed by atoms with Crippen LogP contribution >= 0.6 is 0 Å². The van der Waals surface area contributed by atoms with Gasteiger partial charge in [0.25, 0.3) is 5.91 Å². The molecule has 1 saturated carbocycles. The number of hydrogen-bond donors (Lipinski definition) is 3. The number of imidazole rings is 1. The van der Waals surface area contributed by atoms with Crippen LogP contribution in [0.3, 0.4) is 0 Å². The Bertz CT molecular complexity index is 1470. The van der Waals surface area contributed by atoms with Gasteiger partial charge in [-0.2, -0.15) is 4.31 Å². The highest BCUT2D eigenvalue weighted by Gasteiger charge is 2.48. The fourth-order valence-electron chi connectivity index (χ4n) is 6.24. The first-order chi connectivity index (χ1) is 19.1. The van der Waals surface area contributed by atoms with Gasteiger partial charge in [0.15, 0.2) is 0 Å². The molecule has 3 aliphatic rings. The molecule has 10 nitrogen and oxygen atoms in total. The number of carbonyl (C=O) groups is 1. The van der Waals surface area contributed by atoms with Crippen molar-refractivity contribution >= 4 is 27.8 Å². The zero-order valence-electron chi connectivity index (χ0n) is 23.2. The lowest BCUT2D eigenvalue weighted by molar-refractivity contribution is -0.125. The molecule has 2 aliphatic heterocycles. The maximum atomic E-state index is 13.1. The predicted octanol–water partition coefficient (Wildman–Crippen LogP) is 3.84. The summed E-state index contributed by atoms with van der Waals surface area (Å²) in [5.74, 6) is 1.58. The van der Waals surface area contributed by atoms with Gasteiger partial charge < -0.3 is 15.4 Å². The second-order valence-corrected chi connectivity index (χ2v) is 13.2. The highest BCUT2D eigenvalue weighted by atomic mass is 32.2. The smallest absolute Gasteiger partial charge is 0.333 e. The molecule has 216 valence electrons. The molecule has 5 rings (SSSR count). The molecule has 0 bridgehead atoms. The molecular weight excluding hydrogens is 530 g/mol. The molecule has 3 N–H and O–H groups in total. The molecule has 1 aromatic heterocycles. The molecule has 1 amide bonds. The van der Waals surface area contributed by atoms with Crippen LogP contribution in [0.15, 0.2) is 39.6 Å². The Balaban J connectivity index is 1.21. The molecule has 0 radical (unpaired) electrons. The Hall–Kier alpha value is -3.18. The molecule has 1 aromatic carbocycles. The van der Waals surface area contributed by atoms with E-state index in [4.69, 9.17) is 4.99 Å². The molecule has 1 saturated heterocycles. The fraction of sp³-hybridized carbons (Fsp3) is 0.552. The van der Waals surface area contributed by atoms with Crippen molar-refractivity contribution in [3.05, 3.63) is 51.4 Å². The van der Waals surface area contributed by atoms with Gasteiger partial charge in [-0.25, -0.2) is 17.8 Å². The number of aliphatic imine (C=N–C) groups is 1. The number of nitrogens with zero attached hydrogens (tertiary/aromatic N) is 3. The molecule has 1 aliphatic carbocycles. The van der Waals surface area contributed by atoms with E-state index in [1.54, 1.807) is 25.1 Å². The number of amides is 1. The largest absolute Gasteiger partial charge is 0.493 e. The van der Waals surface area contributed by atoms with Crippen LogP contribution in [-0.2, 0) is 14.8 Å². The van der Waals surface area contributed by atoms with Crippen molar-refractivity contribution in [2.45, 2.75) is 77.2 Å². The normalized spacial score (nSPS) is 23.6.